The van der Waals surface area contributed by atoms with Gasteiger partial charge in [0.05, 0.1) is 12.7 Å². The number of nitrogens with two attached hydrogens (primary N) is 1. The quantitative estimate of drug-likeness (QED) is 0.636. The maximum atomic E-state index is 11.7. The van der Waals surface area contributed by atoms with Gasteiger partial charge in [0.25, 0.3) is 0 Å². The number of nitrogens with zero attached hydrogens (tertiary/aromatic N) is 2. The summed E-state index contributed by atoms with van der Waals surface area (Å²) in [6.07, 6.45) is 0. The molecule has 0 aromatic heterocycles. The van der Waals surface area contributed by atoms with Gasteiger partial charge in [0.15, 0.2) is 0 Å². The lowest BCUT2D eigenvalue weighted by Crippen LogP contribution is -2.40. The standard InChI is InChI=1S/C15H25N3O2/c1-6-18(11(2)10-17(3)4)12-7-8-14(16)13(9-12)15(19)20-5/h7-9,11H,6,10,16H2,1-5H3. The lowest BCUT2D eigenvalue weighted by Gasteiger charge is -2.32. The first-order valence-electron chi connectivity index (χ1n) is 6.79. The molecular formula is C15H25N3O2. The maximum Gasteiger partial charge on any atom is 0.340 e. The fourth-order valence-electron chi connectivity index (χ4n) is 2.39. The summed E-state index contributed by atoms with van der Waals surface area (Å²) in [5, 5.41) is 0. The molecule has 0 bridgehead atoms. The number of benzene rings is 1. The number of ether oxygens (including phenoxy) is 1. The molecule has 1 unspecified atom stereocenters. The van der Waals surface area contributed by atoms with E-state index in [2.05, 4.69) is 23.6 Å². The van der Waals surface area contributed by atoms with Crippen molar-refractivity contribution in [1.82, 2.24) is 4.90 Å². The molecule has 0 radical (unpaired) electrons. The summed E-state index contributed by atoms with van der Waals surface area (Å²) in [6.45, 7) is 6.06. The van der Waals surface area contributed by atoms with Crippen LogP contribution in [-0.2, 0) is 4.74 Å². The van der Waals surface area contributed by atoms with E-state index in [0.29, 0.717) is 17.3 Å². The summed E-state index contributed by atoms with van der Waals surface area (Å²) in [5.41, 5.74) is 7.68. The second-order valence-corrected chi connectivity index (χ2v) is 5.16. The first-order valence-corrected chi connectivity index (χ1v) is 6.79. The Morgan fingerprint density at radius 2 is 2.05 bits per heavy atom. The highest BCUT2D eigenvalue weighted by Crippen LogP contribution is 2.23. The van der Waals surface area contributed by atoms with Crippen molar-refractivity contribution in [3.8, 4) is 0 Å². The molecule has 1 aromatic carbocycles. The van der Waals surface area contributed by atoms with E-state index in [1.54, 1.807) is 12.1 Å². The minimum Gasteiger partial charge on any atom is -0.465 e. The fraction of sp³-hybridized carbons (Fsp3) is 0.533. The normalized spacial score (nSPS) is 12.3. The zero-order valence-corrected chi connectivity index (χ0v) is 13.0. The van der Waals surface area contributed by atoms with Crippen LogP contribution in [0.15, 0.2) is 18.2 Å². The zero-order valence-electron chi connectivity index (χ0n) is 13.0. The Morgan fingerprint density at radius 1 is 1.40 bits per heavy atom. The van der Waals surface area contributed by atoms with Crippen LogP contribution in [0.5, 0.6) is 0 Å². The molecule has 0 fully saturated rings. The van der Waals surface area contributed by atoms with Crippen LogP contribution < -0.4 is 10.6 Å². The molecule has 0 saturated heterocycles. The van der Waals surface area contributed by atoms with Gasteiger partial charge in [-0.25, -0.2) is 4.79 Å². The number of rotatable bonds is 6. The van der Waals surface area contributed by atoms with Crippen molar-refractivity contribution in [3.63, 3.8) is 0 Å². The largest absolute Gasteiger partial charge is 0.465 e. The highest BCUT2D eigenvalue weighted by atomic mass is 16.5. The number of hydrogen-bond donors (Lipinski definition) is 1. The minimum atomic E-state index is -0.402. The molecule has 112 valence electrons. The van der Waals surface area contributed by atoms with E-state index in [9.17, 15) is 4.79 Å². The van der Waals surface area contributed by atoms with E-state index in [1.807, 2.05) is 20.2 Å². The molecule has 0 heterocycles. The van der Waals surface area contributed by atoms with E-state index in [4.69, 9.17) is 10.5 Å². The summed E-state index contributed by atoms with van der Waals surface area (Å²) in [4.78, 5) is 16.1. The van der Waals surface area contributed by atoms with Gasteiger partial charge >= 0.3 is 5.97 Å². The van der Waals surface area contributed by atoms with Crippen molar-refractivity contribution >= 4 is 17.3 Å². The number of carbonyl (C=O) groups is 1. The molecule has 20 heavy (non-hydrogen) atoms. The molecular weight excluding hydrogens is 254 g/mol. The van der Waals surface area contributed by atoms with Crippen molar-refractivity contribution in [3.05, 3.63) is 23.8 Å². The van der Waals surface area contributed by atoms with E-state index >= 15 is 0 Å². The Kier molecular flexibility index (Phi) is 5.82. The summed E-state index contributed by atoms with van der Waals surface area (Å²) in [6, 6.07) is 5.84. The van der Waals surface area contributed by atoms with Gasteiger partial charge in [0, 0.05) is 30.5 Å². The second kappa shape index (κ2) is 7.14. The number of hydrogen-bond acceptors (Lipinski definition) is 5. The Hall–Kier alpha value is -1.75. The number of esters is 1. The van der Waals surface area contributed by atoms with Crippen molar-refractivity contribution in [1.29, 1.82) is 0 Å². The van der Waals surface area contributed by atoms with Crippen LogP contribution in [0, 0.1) is 0 Å². The highest BCUT2D eigenvalue weighted by molar-refractivity contribution is 5.96. The van der Waals surface area contributed by atoms with E-state index in [0.717, 1.165) is 18.8 Å². The van der Waals surface area contributed by atoms with Crippen molar-refractivity contribution in [2.75, 3.05) is 44.9 Å². The first-order chi connectivity index (χ1) is 9.40. The Balaban J connectivity index is 3.07. The monoisotopic (exact) mass is 279 g/mol. The smallest absolute Gasteiger partial charge is 0.340 e. The molecule has 0 spiro atoms. The third-order valence-electron chi connectivity index (χ3n) is 3.28. The van der Waals surface area contributed by atoms with Crippen molar-refractivity contribution in [2.45, 2.75) is 19.9 Å². The van der Waals surface area contributed by atoms with Crippen LogP contribution in [0.25, 0.3) is 0 Å². The van der Waals surface area contributed by atoms with Gasteiger partial charge in [-0.05, 0) is 46.1 Å². The third kappa shape index (κ3) is 3.87. The molecule has 1 aromatic rings. The SMILES string of the molecule is CCN(c1ccc(N)c(C(=O)OC)c1)C(C)CN(C)C. The fourth-order valence-corrected chi connectivity index (χ4v) is 2.39. The van der Waals surface area contributed by atoms with Crippen LogP contribution in [0.2, 0.25) is 0 Å². The molecule has 0 saturated carbocycles. The van der Waals surface area contributed by atoms with Crippen LogP contribution >= 0.6 is 0 Å². The minimum absolute atomic E-state index is 0.337. The topological polar surface area (TPSA) is 58.8 Å². The van der Waals surface area contributed by atoms with Crippen LogP contribution in [0.1, 0.15) is 24.2 Å². The van der Waals surface area contributed by atoms with Crippen molar-refractivity contribution in [2.24, 2.45) is 0 Å². The summed E-state index contributed by atoms with van der Waals surface area (Å²) >= 11 is 0. The van der Waals surface area contributed by atoms with E-state index < -0.39 is 5.97 Å². The molecule has 0 aliphatic heterocycles. The first kappa shape index (κ1) is 16.3. The molecule has 0 aliphatic rings. The van der Waals surface area contributed by atoms with Crippen molar-refractivity contribution < 1.29 is 9.53 Å². The number of anilines is 2. The second-order valence-electron chi connectivity index (χ2n) is 5.16. The third-order valence-corrected chi connectivity index (χ3v) is 3.28. The van der Waals surface area contributed by atoms with Gasteiger partial charge in [0.2, 0.25) is 0 Å². The summed E-state index contributed by atoms with van der Waals surface area (Å²) in [7, 11) is 5.46. The van der Waals surface area contributed by atoms with Crippen LogP contribution in [-0.4, -0.2) is 51.2 Å². The molecule has 5 nitrogen and oxygen atoms in total. The number of carbonyl (C=O) groups excluding carboxylic acids is 1. The van der Waals surface area contributed by atoms with Gasteiger partial charge in [-0.3, -0.25) is 0 Å². The van der Waals surface area contributed by atoms with Gasteiger partial charge in [0.1, 0.15) is 0 Å². The Labute approximate surface area is 121 Å². The Morgan fingerprint density at radius 3 is 2.55 bits per heavy atom. The number of methoxy groups -OCH3 is 1. The average molecular weight is 279 g/mol. The van der Waals surface area contributed by atoms with E-state index in [1.165, 1.54) is 7.11 Å². The van der Waals surface area contributed by atoms with Gasteiger partial charge in [-0.2, -0.15) is 0 Å². The maximum absolute atomic E-state index is 11.7. The number of likely N-dealkylation sites (N-methyl/N-ethyl adjacent to an activating group) is 2. The van der Waals surface area contributed by atoms with Gasteiger partial charge in [-0.1, -0.05) is 0 Å². The predicted octanol–water partition coefficient (Wildman–Crippen LogP) is 1.83. The van der Waals surface area contributed by atoms with Crippen LogP contribution in [0.3, 0.4) is 0 Å². The van der Waals surface area contributed by atoms with E-state index in [-0.39, 0.29) is 0 Å². The zero-order chi connectivity index (χ0) is 15.3. The van der Waals surface area contributed by atoms with Gasteiger partial charge < -0.3 is 20.3 Å². The predicted molar refractivity (Wildman–Crippen MR) is 83.2 cm³/mol. The lowest BCUT2D eigenvalue weighted by atomic mass is 10.1. The number of nitrogen functional groups attached to an aromatic ring is 1. The average Bonchev–Trinajstić information content (AvgIpc) is 2.39. The molecule has 2 N–H and O–H groups in total. The molecule has 0 aliphatic carbocycles. The summed E-state index contributed by atoms with van der Waals surface area (Å²) in [5.74, 6) is -0.402. The van der Waals surface area contributed by atoms with Gasteiger partial charge in [-0.15, -0.1) is 0 Å². The molecule has 1 rings (SSSR count). The molecule has 1 atom stereocenters. The molecule has 5 heteroatoms. The summed E-state index contributed by atoms with van der Waals surface area (Å²) < 4.78 is 4.76. The molecule has 0 amide bonds. The highest BCUT2D eigenvalue weighted by Gasteiger charge is 2.17. The Bertz CT molecular complexity index is 460. The lowest BCUT2D eigenvalue weighted by molar-refractivity contribution is 0.0602. The van der Waals surface area contributed by atoms with Crippen LogP contribution in [0.4, 0.5) is 11.4 Å².